The molecular formula is C33H26O4. The molecule has 37 heavy (non-hydrogen) atoms. The first kappa shape index (κ1) is 23.9. The van der Waals surface area contributed by atoms with Crippen molar-refractivity contribution in [3.63, 3.8) is 0 Å². The van der Waals surface area contributed by atoms with Gasteiger partial charge in [-0.3, -0.25) is 4.79 Å². The van der Waals surface area contributed by atoms with Crippen LogP contribution in [0.5, 0.6) is 34.5 Å². The number of ether oxygens (including phenoxy) is 3. The maximum Gasteiger partial charge on any atom is 0.193 e. The summed E-state index contributed by atoms with van der Waals surface area (Å²) in [4.78, 5) is 12.9. The standard InChI is InChI=1S/C33H26O4/c1-23-3-11-27(12-4-23)35-29-15-7-25(8-16-29)33(34)26-9-17-30(18-10-26)37-32-21-19-31(20-22-32)36-28-13-5-24(2)6-14-28/h3-22H,1-2H3. The summed E-state index contributed by atoms with van der Waals surface area (Å²) >= 11 is 0. The molecule has 0 saturated heterocycles. The third kappa shape index (κ3) is 6.24. The number of hydrogen-bond donors (Lipinski definition) is 0. The van der Waals surface area contributed by atoms with E-state index in [1.165, 1.54) is 11.1 Å². The van der Waals surface area contributed by atoms with Crippen LogP contribution in [0.2, 0.25) is 0 Å². The molecule has 0 heterocycles. The molecule has 4 heteroatoms. The predicted molar refractivity (Wildman–Crippen MR) is 145 cm³/mol. The summed E-state index contributed by atoms with van der Waals surface area (Å²) in [6.45, 7) is 4.07. The molecule has 0 aliphatic heterocycles. The lowest BCUT2D eigenvalue weighted by molar-refractivity contribution is 0.103. The molecule has 0 aromatic heterocycles. The van der Waals surface area contributed by atoms with E-state index < -0.39 is 0 Å². The fourth-order valence-corrected chi connectivity index (χ4v) is 3.71. The maximum absolute atomic E-state index is 12.9. The second kappa shape index (κ2) is 10.8. The van der Waals surface area contributed by atoms with Crippen LogP contribution >= 0.6 is 0 Å². The number of ketones is 1. The SMILES string of the molecule is Cc1ccc(Oc2ccc(Oc3ccc(C(=O)c4ccc(Oc5ccc(C)cc5)cc4)cc3)cc2)cc1. The number of benzene rings is 5. The van der Waals surface area contributed by atoms with Crippen LogP contribution in [-0.4, -0.2) is 5.78 Å². The van der Waals surface area contributed by atoms with E-state index >= 15 is 0 Å². The Morgan fingerprint density at radius 3 is 0.865 bits per heavy atom. The smallest absolute Gasteiger partial charge is 0.193 e. The fourth-order valence-electron chi connectivity index (χ4n) is 3.71. The number of aryl methyl sites for hydroxylation is 2. The van der Waals surface area contributed by atoms with Gasteiger partial charge in [0.15, 0.2) is 5.78 Å². The molecule has 5 aromatic carbocycles. The first-order valence-electron chi connectivity index (χ1n) is 12.0. The van der Waals surface area contributed by atoms with Gasteiger partial charge in [0.2, 0.25) is 0 Å². The number of rotatable bonds is 8. The van der Waals surface area contributed by atoms with Crippen LogP contribution in [-0.2, 0) is 0 Å². The predicted octanol–water partition coefficient (Wildman–Crippen LogP) is 8.91. The number of hydrogen-bond acceptors (Lipinski definition) is 4. The van der Waals surface area contributed by atoms with E-state index in [1.807, 2.05) is 86.6 Å². The second-order valence-corrected chi connectivity index (χ2v) is 8.78. The Bertz CT molecular complexity index is 1470. The Labute approximate surface area is 216 Å². The van der Waals surface area contributed by atoms with Crippen LogP contribution in [0.3, 0.4) is 0 Å². The summed E-state index contributed by atoms with van der Waals surface area (Å²) in [5.74, 6) is 4.21. The molecule has 0 aliphatic rings. The number of carbonyl (C=O) groups excluding carboxylic acids is 1. The molecule has 0 atom stereocenters. The quantitative estimate of drug-likeness (QED) is 0.205. The lowest BCUT2D eigenvalue weighted by Gasteiger charge is -2.09. The molecule has 0 spiro atoms. The van der Waals surface area contributed by atoms with Crippen LogP contribution in [0, 0.1) is 13.8 Å². The summed E-state index contributed by atoms with van der Waals surface area (Å²) in [7, 11) is 0. The van der Waals surface area contributed by atoms with Crippen molar-refractivity contribution >= 4 is 5.78 Å². The molecule has 0 aliphatic carbocycles. The molecule has 0 fully saturated rings. The normalized spacial score (nSPS) is 10.5. The van der Waals surface area contributed by atoms with Crippen LogP contribution in [0.4, 0.5) is 0 Å². The molecule has 0 amide bonds. The Kier molecular flexibility index (Phi) is 7.00. The van der Waals surface area contributed by atoms with Crippen molar-refractivity contribution in [3.8, 4) is 34.5 Å². The van der Waals surface area contributed by atoms with Crippen molar-refractivity contribution < 1.29 is 19.0 Å². The average molecular weight is 487 g/mol. The second-order valence-electron chi connectivity index (χ2n) is 8.78. The molecule has 4 nitrogen and oxygen atoms in total. The lowest BCUT2D eigenvalue weighted by atomic mass is 10.0. The van der Waals surface area contributed by atoms with Gasteiger partial charge in [-0.2, -0.15) is 0 Å². The van der Waals surface area contributed by atoms with E-state index in [4.69, 9.17) is 14.2 Å². The van der Waals surface area contributed by atoms with Crippen molar-refractivity contribution in [1.29, 1.82) is 0 Å². The van der Waals surface area contributed by atoms with E-state index in [9.17, 15) is 4.79 Å². The van der Waals surface area contributed by atoms with Crippen molar-refractivity contribution in [3.05, 3.63) is 144 Å². The summed E-state index contributed by atoms with van der Waals surface area (Å²) in [5, 5.41) is 0. The maximum atomic E-state index is 12.9. The van der Waals surface area contributed by atoms with E-state index in [0.29, 0.717) is 28.4 Å². The largest absolute Gasteiger partial charge is 0.457 e. The Balaban J connectivity index is 1.18. The molecule has 182 valence electrons. The molecule has 0 N–H and O–H groups in total. The monoisotopic (exact) mass is 486 g/mol. The van der Waals surface area contributed by atoms with Gasteiger partial charge in [0.05, 0.1) is 0 Å². The van der Waals surface area contributed by atoms with Gasteiger partial charge in [0.25, 0.3) is 0 Å². The minimum atomic E-state index is -0.0638. The van der Waals surface area contributed by atoms with Gasteiger partial charge in [-0.15, -0.1) is 0 Å². The zero-order valence-corrected chi connectivity index (χ0v) is 20.7. The van der Waals surface area contributed by atoms with Gasteiger partial charge < -0.3 is 14.2 Å². The van der Waals surface area contributed by atoms with Gasteiger partial charge in [-0.25, -0.2) is 0 Å². The van der Waals surface area contributed by atoms with E-state index in [2.05, 4.69) is 0 Å². The topological polar surface area (TPSA) is 44.8 Å². The van der Waals surface area contributed by atoms with Crippen LogP contribution in [0.25, 0.3) is 0 Å². The third-order valence-electron chi connectivity index (χ3n) is 5.81. The summed E-state index contributed by atoms with van der Waals surface area (Å²) < 4.78 is 17.7. The summed E-state index contributed by atoms with van der Waals surface area (Å²) in [6, 6.07) is 37.4. The van der Waals surface area contributed by atoms with Crippen molar-refractivity contribution in [2.45, 2.75) is 13.8 Å². The zero-order valence-electron chi connectivity index (χ0n) is 20.7. The van der Waals surface area contributed by atoms with Gasteiger partial charge in [-0.05, 0) is 111 Å². The average Bonchev–Trinajstić information content (AvgIpc) is 2.93. The highest BCUT2D eigenvalue weighted by Gasteiger charge is 2.10. The summed E-state index contributed by atoms with van der Waals surface area (Å²) in [6.07, 6.45) is 0. The minimum absolute atomic E-state index is 0.0638. The van der Waals surface area contributed by atoms with Crippen LogP contribution in [0.1, 0.15) is 27.0 Å². The Morgan fingerprint density at radius 1 is 0.378 bits per heavy atom. The molecular weight excluding hydrogens is 460 g/mol. The first-order valence-corrected chi connectivity index (χ1v) is 12.0. The zero-order chi connectivity index (χ0) is 25.6. The van der Waals surface area contributed by atoms with E-state index in [1.54, 1.807) is 48.5 Å². The molecule has 5 rings (SSSR count). The molecule has 0 radical (unpaired) electrons. The Morgan fingerprint density at radius 2 is 0.595 bits per heavy atom. The van der Waals surface area contributed by atoms with Crippen molar-refractivity contribution in [2.75, 3.05) is 0 Å². The fraction of sp³-hybridized carbons (Fsp3) is 0.0606. The molecule has 5 aromatic rings. The van der Waals surface area contributed by atoms with Gasteiger partial charge in [0, 0.05) is 11.1 Å². The summed E-state index contributed by atoms with van der Waals surface area (Å²) in [5.41, 5.74) is 3.53. The van der Waals surface area contributed by atoms with Gasteiger partial charge in [-0.1, -0.05) is 35.4 Å². The highest BCUT2D eigenvalue weighted by atomic mass is 16.5. The van der Waals surface area contributed by atoms with Crippen LogP contribution in [0.15, 0.2) is 121 Å². The van der Waals surface area contributed by atoms with Crippen molar-refractivity contribution in [2.24, 2.45) is 0 Å². The molecule has 0 saturated carbocycles. The van der Waals surface area contributed by atoms with E-state index in [-0.39, 0.29) is 5.78 Å². The minimum Gasteiger partial charge on any atom is -0.457 e. The van der Waals surface area contributed by atoms with Crippen LogP contribution < -0.4 is 14.2 Å². The molecule has 0 bridgehead atoms. The highest BCUT2D eigenvalue weighted by Crippen LogP contribution is 2.28. The van der Waals surface area contributed by atoms with Crippen molar-refractivity contribution in [1.82, 2.24) is 0 Å². The Hall–Kier alpha value is -4.83. The number of carbonyl (C=O) groups is 1. The van der Waals surface area contributed by atoms with Gasteiger partial charge in [0.1, 0.15) is 34.5 Å². The lowest BCUT2D eigenvalue weighted by Crippen LogP contribution is -2.01. The van der Waals surface area contributed by atoms with Gasteiger partial charge >= 0.3 is 0 Å². The third-order valence-corrected chi connectivity index (χ3v) is 5.81. The molecule has 0 unspecified atom stereocenters. The first-order chi connectivity index (χ1) is 18.0. The highest BCUT2D eigenvalue weighted by molar-refractivity contribution is 6.09. The van der Waals surface area contributed by atoms with E-state index in [0.717, 1.165) is 17.2 Å².